The van der Waals surface area contributed by atoms with Crippen LogP contribution in [0.4, 0.5) is 13.2 Å². The number of aromatic nitrogens is 1. The molecule has 0 unspecified atom stereocenters. The Hall–Kier alpha value is -3.24. The summed E-state index contributed by atoms with van der Waals surface area (Å²) >= 11 is 1.49. The number of benzene rings is 2. The number of carbonyl (C=O) groups is 2. The molecule has 0 radical (unpaired) electrons. The Kier molecular flexibility index (Phi) is 8.56. The van der Waals surface area contributed by atoms with Crippen LogP contribution in [0, 0.1) is 5.92 Å². The van der Waals surface area contributed by atoms with Crippen LogP contribution in [-0.2, 0) is 6.18 Å². The van der Waals surface area contributed by atoms with Gasteiger partial charge in [0.1, 0.15) is 5.69 Å². The Balaban J connectivity index is 1.20. The van der Waals surface area contributed by atoms with Crippen molar-refractivity contribution in [3.63, 3.8) is 0 Å². The SMILES string of the molecule is O=C(c1csc(C2CCN(C(=O)c3ccccc3-c3ccc(C(F)(F)F)cc3)CC2)n1)N1CCC(CCO)CC1. The maximum atomic E-state index is 13.5. The quantitative estimate of drug-likeness (QED) is 0.389. The van der Waals surface area contributed by atoms with Crippen molar-refractivity contribution < 1.29 is 27.9 Å². The lowest BCUT2D eigenvalue weighted by Crippen LogP contribution is -2.39. The molecule has 6 nitrogen and oxygen atoms in total. The van der Waals surface area contributed by atoms with Gasteiger partial charge < -0.3 is 14.9 Å². The predicted octanol–water partition coefficient (Wildman–Crippen LogP) is 6.08. The first-order valence-electron chi connectivity index (χ1n) is 13.7. The summed E-state index contributed by atoms with van der Waals surface area (Å²) in [6, 6.07) is 11.9. The zero-order valence-corrected chi connectivity index (χ0v) is 22.9. The van der Waals surface area contributed by atoms with Crippen LogP contribution in [0.25, 0.3) is 11.1 Å². The van der Waals surface area contributed by atoms with E-state index in [0.29, 0.717) is 54.5 Å². The van der Waals surface area contributed by atoms with Gasteiger partial charge in [0.25, 0.3) is 11.8 Å². The molecule has 2 aliphatic heterocycles. The van der Waals surface area contributed by atoms with Gasteiger partial charge in [-0.1, -0.05) is 30.3 Å². The van der Waals surface area contributed by atoms with Crippen LogP contribution in [-0.4, -0.2) is 64.5 Å². The summed E-state index contributed by atoms with van der Waals surface area (Å²) in [5.41, 5.74) is 1.38. The minimum atomic E-state index is -4.42. The van der Waals surface area contributed by atoms with E-state index in [2.05, 4.69) is 4.98 Å². The first-order valence-corrected chi connectivity index (χ1v) is 14.5. The lowest BCUT2D eigenvalue weighted by Gasteiger charge is -2.32. The molecule has 2 amide bonds. The van der Waals surface area contributed by atoms with Crippen LogP contribution in [0.3, 0.4) is 0 Å². The fourth-order valence-corrected chi connectivity index (χ4v) is 6.57. The average molecular weight is 572 g/mol. The molecule has 10 heteroatoms. The number of hydrogen-bond donors (Lipinski definition) is 1. The van der Waals surface area contributed by atoms with Gasteiger partial charge in [-0.25, -0.2) is 4.98 Å². The van der Waals surface area contributed by atoms with Crippen molar-refractivity contribution in [3.05, 3.63) is 75.7 Å². The number of amides is 2. The van der Waals surface area contributed by atoms with E-state index in [9.17, 15) is 22.8 Å². The number of likely N-dealkylation sites (tertiary alicyclic amines) is 2. The van der Waals surface area contributed by atoms with E-state index in [4.69, 9.17) is 5.11 Å². The highest BCUT2D eigenvalue weighted by Crippen LogP contribution is 2.34. The normalized spacial score (nSPS) is 17.3. The third-order valence-corrected chi connectivity index (χ3v) is 9.00. The van der Waals surface area contributed by atoms with Crippen LogP contribution < -0.4 is 0 Å². The van der Waals surface area contributed by atoms with Gasteiger partial charge in [0, 0.05) is 49.6 Å². The number of carbonyl (C=O) groups excluding carboxylic acids is 2. The third kappa shape index (κ3) is 6.23. The minimum Gasteiger partial charge on any atom is -0.396 e. The summed E-state index contributed by atoms with van der Waals surface area (Å²) in [6.07, 6.45) is -0.383. The standard InChI is InChI=1S/C30H32F3N3O3S/c31-30(32,33)23-7-5-21(6-8-23)24-3-1-2-4-25(24)28(38)35-16-11-22(12-17-35)27-34-26(19-40-27)29(39)36-14-9-20(10-15-36)13-18-37/h1-8,19-20,22,37H,9-18H2. The summed E-state index contributed by atoms with van der Waals surface area (Å²) in [5, 5.41) is 11.9. The molecule has 0 aliphatic carbocycles. The average Bonchev–Trinajstić information content (AvgIpc) is 3.47. The van der Waals surface area contributed by atoms with Crippen molar-refractivity contribution in [2.45, 2.75) is 44.2 Å². The molecule has 0 atom stereocenters. The molecule has 2 aromatic carbocycles. The highest BCUT2D eigenvalue weighted by atomic mass is 32.1. The molecule has 1 N–H and O–H groups in total. The monoisotopic (exact) mass is 571 g/mol. The Bertz CT molecular complexity index is 1330. The second-order valence-corrected chi connectivity index (χ2v) is 11.4. The van der Waals surface area contributed by atoms with Gasteiger partial charge in [-0.2, -0.15) is 13.2 Å². The van der Waals surface area contributed by atoms with Gasteiger partial charge in [-0.05, 0) is 67.3 Å². The number of piperidine rings is 2. The van der Waals surface area contributed by atoms with E-state index in [1.54, 1.807) is 29.2 Å². The summed E-state index contributed by atoms with van der Waals surface area (Å²) in [5.74, 6) is 0.442. The number of aliphatic hydroxyl groups is 1. The van der Waals surface area contributed by atoms with E-state index in [0.717, 1.165) is 49.2 Å². The topological polar surface area (TPSA) is 73.7 Å². The van der Waals surface area contributed by atoms with Gasteiger partial charge in [0.15, 0.2) is 0 Å². The summed E-state index contributed by atoms with van der Waals surface area (Å²) in [7, 11) is 0. The van der Waals surface area contributed by atoms with Gasteiger partial charge >= 0.3 is 6.18 Å². The van der Waals surface area contributed by atoms with Crippen LogP contribution in [0.2, 0.25) is 0 Å². The Labute approximate surface area is 235 Å². The molecule has 0 spiro atoms. The van der Waals surface area contributed by atoms with E-state index in [1.807, 2.05) is 10.3 Å². The van der Waals surface area contributed by atoms with Crippen molar-refractivity contribution >= 4 is 23.2 Å². The van der Waals surface area contributed by atoms with E-state index in [-0.39, 0.29) is 24.3 Å². The number of hydrogen-bond acceptors (Lipinski definition) is 5. The molecule has 2 saturated heterocycles. The van der Waals surface area contributed by atoms with Crippen molar-refractivity contribution in [2.75, 3.05) is 32.8 Å². The predicted molar refractivity (Wildman–Crippen MR) is 147 cm³/mol. The molecule has 5 rings (SSSR count). The summed E-state index contributed by atoms with van der Waals surface area (Å²) < 4.78 is 39.0. The summed E-state index contributed by atoms with van der Waals surface area (Å²) in [4.78, 5) is 34.8. The number of alkyl halides is 3. The Morgan fingerprint density at radius 1 is 0.900 bits per heavy atom. The van der Waals surface area contributed by atoms with Crippen molar-refractivity contribution in [3.8, 4) is 11.1 Å². The zero-order chi connectivity index (χ0) is 28.3. The first-order chi connectivity index (χ1) is 19.2. The van der Waals surface area contributed by atoms with Crippen molar-refractivity contribution in [1.82, 2.24) is 14.8 Å². The first kappa shape index (κ1) is 28.3. The molecule has 40 heavy (non-hydrogen) atoms. The lowest BCUT2D eigenvalue weighted by molar-refractivity contribution is -0.137. The van der Waals surface area contributed by atoms with Gasteiger partial charge in [0.05, 0.1) is 10.6 Å². The van der Waals surface area contributed by atoms with Crippen LogP contribution in [0.15, 0.2) is 53.9 Å². The van der Waals surface area contributed by atoms with Crippen LogP contribution in [0.1, 0.15) is 69.4 Å². The van der Waals surface area contributed by atoms with Crippen LogP contribution in [0.5, 0.6) is 0 Å². The number of nitrogens with zero attached hydrogens (tertiary/aromatic N) is 3. The van der Waals surface area contributed by atoms with Gasteiger partial charge in [0.2, 0.25) is 0 Å². The van der Waals surface area contributed by atoms with Crippen molar-refractivity contribution in [2.24, 2.45) is 5.92 Å². The van der Waals surface area contributed by atoms with Gasteiger partial charge in [-0.3, -0.25) is 9.59 Å². The number of halogens is 3. The van der Waals surface area contributed by atoms with E-state index < -0.39 is 11.7 Å². The smallest absolute Gasteiger partial charge is 0.396 e. The Morgan fingerprint density at radius 2 is 1.52 bits per heavy atom. The number of rotatable bonds is 6. The lowest BCUT2D eigenvalue weighted by atomic mass is 9.94. The molecular weight excluding hydrogens is 539 g/mol. The Morgan fingerprint density at radius 3 is 2.17 bits per heavy atom. The van der Waals surface area contributed by atoms with Crippen LogP contribution >= 0.6 is 11.3 Å². The fraction of sp³-hybridized carbons (Fsp3) is 0.433. The molecule has 1 aromatic heterocycles. The molecule has 2 fully saturated rings. The molecule has 0 saturated carbocycles. The van der Waals surface area contributed by atoms with Gasteiger partial charge in [-0.15, -0.1) is 11.3 Å². The van der Waals surface area contributed by atoms with Crippen molar-refractivity contribution in [1.29, 1.82) is 0 Å². The minimum absolute atomic E-state index is 0.0440. The second kappa shape index (κ2) is 12.1. The molecular formula is C30H32F3N3O3S. The highest BCUT2D eigenvalue weighted by molar-refractivity contribution is 7.09. The van der Waals surface area contributed by atoms with E-state index >= 15 is 0 Å². The maximum Gasteiger partial charge on any atom is 0.416 e. The van der Waals surface area contributed by atoms with E-state index in [1.165, 1.54) is 23.5 Å². The second-order valence-electron chi connectivity index (χ2n) is 10.5. The number of thiazole rings is 1. The largest absolute Gasteiger partial charge is 0.416 e. The molecule has 0 bridgehead atoms. The number of aliphatic hydroxyl groups excluding tert-OH is 1. The third-order valence-electron chi connectivity index (χ3n) is 7.99. The molecule has 2 aliphatic rings. The maximum absolute atomic E-state index is 13.5. The molecule has 3 aromatic rings. The fourth-order valence-electron chi connectivity index (χ4n) is 5.60. The highest BCUT2D eigenvalue weighted by Gasteiger charge is 2.31. The molecule has 212 valence electrons. The zero-order valence-electron chi connectivity index (χ0n) is 22.1. The molecule has 3 heterocycles. The summed E-state index contributed by atoms with van der Waals surface area (Å²) in [6.45, 7) is 2.62.